The molecule has 1 unspecified atom stereocenters. The van der Waals surface area contributed by atoms with Gasteiger partial charge < -0.3 is 33.5 Å². The second-order valence-electron chi connectivity index (χ2n) is 3.99. The van der Waals surface area contributed by atoms with Crippen LogP contribution in [0.25, 0.3) is 0 Å². The van der Waals surface area contributed by atoms with Crippen molar-refractivity contribution in [2.45, 2.75) is 33.1 Å². The van der Waals surface area contributed by atoms with Gasteiger partial charge in [0.05, 0.1) is 38.5 Å². The number of rotatable bonds is 8. The molecule has 0 radical (unpaired) electrons. The number of carbonyl (C=O) groups is 2. The molecule has 0 heterocycles. The summed E-state index contributed by atoms with van der Waals surface area (Å²) >= 11 is 0. The Morgan fingerprint density at radius 1 is 1.21 bits per heavy atom. The Labute approximate surface area is 132 Å². The maximum atomic E-state index is 12.0. The van der Waals surface area contributed by atoms with Crippen molar-refractivity contribution >= 4 is 18.7 Å². The molecule has 0 aromatic rings. The van der Waals surface area contributed by atoms with Crippen LogP contribution in [0, 0.1) is 11.3 Å². The van der Waals surface area contributed by atoms with E-state index in [0.29, 0.717) is 6.61 Å². The molecule has 110 valence electrons. The first-order valence-electron chi connectivity index (χ1n) is 6.10. The number of nitriles is 1. The maximum Gasteiger partial charge on any atom is 0.463 e. The Kier molecular flexibility index (Phi) is 12.6. The van der Waals surface area contributed by atoms with Crippen molar-refractivity contribution < 1.29 is 43.0 Å². The summed E-state index contributed by atoms with van der Waals surface area (Å²) in [5, 5.41) is 8.60. The van der Waals surface area contributed by atoms with E-state index >= 15 is 0 Å². The molecule has 0 aromatic heterocycles. The van der Waals surface area contributed by atoms with Gasteiger partial charge in [-0.2, -0.15) is 5.26 Å². The predicted octanol–water partition coefficient (Wildman–Crippen LogP) is 0.645. The molecule has 0 bridgehead atoms. The van der Waals surface area contributed by atoms with E-state index in [9.17, 15) is 9.59 Å². The van der Waals surface area contributed by atoms with Crippen molar-refractivity contribution in [2.75, 3.05) is 26.0 Å². The van der Waals surface area contributed by atoms with Crippen molar-refractivity contribution in [1.82, 2.24) is 0 Å². The molecule has 0 N–H and O–H groups in total. The third-order valence-electron chi connectivity index (χ3n) is 2.47. The standard InChI is InChI=1S/C12H21NO4P.HI/c1-4-6-9-17-12(15)18(3,10-7-8-13)11(14)16-5-2;/h4-7,9-10H2,1-3H3;1H/q+1;/p-1. The highest BCUT2D eigenvalue weighted by atomic mass is 127. The fourth-order valence-electron chi connectivity index (χ4n) is 1.24. The van der Waals surface area contributed by atoms with Crippen LogP contribution in [0.1, 0.15) is 33.1 Å². The van der Waals surface area contributed by atoms with Crippen LogP contribution in [-0.4, -0.2) is 37.5 Å². The van der Waals surface area contributed by atoms with E-state index in [1.807, 2.05) is 13.0 Å². The summed E-state index contributed by atoms with van der Waals surface area (Å²) in [7, 11) is -2.67. The van der Waals surface area contributed by atoms with Gasteiger partial charge in [0, 0.05) is 0 Å². The fourth-order valence-corrected chi connectivity index (χ4v) is 3.09. The Balaban J connectivity index is 0. The summed E-state index contributed by atoms with van der Waals surface area (Å²) in [6.07, 6.45) is 2.08. The van der Waals surface area contributed by atoms with Crippen molar-refractivity contribution in [1.29, 1.82) is 5.26 Å². The van der Waals surface area contributed by atoms with Crippen LogP contribution in [-0.2, 0) is 9.47 Å². The normalized spacial score (nSPS) is 12.5. The molecule has 1 atom stereocenters. The van der Waals surface area contributed by atoms with E-state index in [4.69, 9.17) is 14.7 Å². The van der Waals surface area contributed by atoms with Gasteiger partial charge in [-0.3, -0.25) is 0 Å². The minimum Gasteiger partial charge on any atom is -1.00 e. The molecular formula is C12H21INO4P. The molecule has 0 saturated carbocycles. The summed E-state index contributed by atoms with van der Waals surface area (Å²) in [6, 6.07) is 1.95. The lowest BCUT2D eigenvalue weighted by Crippen LogP contribution is -3.00. The monoisotopic (exact) mass is 401 g/mol. The molecule has 19 heavy (non-hydrogen) atoms. The van der Waals surface area contributed by atoms with Crippen LogP contribution in [0.5, 0.6) is 0 Å². The van der Waals surface area contributed by atoms with Crippen LogP contribution >= 0.6 is 7.26 Å². The van der Waals surface area contributed by atoms with Crippen molar-refractivity contribution in [3.05, 3.63) is 0 Å². The lowest BCUT2D eigenvalue weighted by atomic mass is 10.4. The second-order valence-corrected chi connectivity index (χ2v) is 7.55. The number of nitrogens with zero attached hydrogens (tertiary/aromatic N) is 1. The van der Waals surface area contributed by atoms with Crippen LogP contribution in [0.2, 0.25) is 0 Å². The number of ether oxygens (including phenoxy) is 2. The van der Waals surface area contributed by atoms with E-state index in [1.54, 1.807) is 13.6 Å². The minimum absolute atomic E-state index is 0. The largest absolute Gasteiger partial charge is 1.00 e. The minimum atomic E-state index is -2.67. The van der Waals surface area contributed by atoms with E-state index in [0.717, 1.165) is 12.8 Å². The molecule has 0 saturated heterocycles. The molecule has 0 aromatic carbocycles. The molecule has 0 aliphatic heterocycles. The third kappa shape index (κ3) is 7.07. The topological polar surface area (TPSA) is 76.4 Å². The van der Waals surface area contributed by atoms with Crippen molar-refractivity contribution in [3.8, 4) is 6.07 Å². The van der Waals surface area contributed by atoms with Crippen LogP contribution in [0.3, 0.4) is 0 Å². The van der Waals surface area contributed by atoms with E-state index in [2.05, 4.69) is 0 Å². The summed E-state index contributed by atoms with van der Waals surface area (Å²) < 4.78 is 10.0. The first kappa shape index (κ1) is 20.9. The van der Waals surface area contributed by atoms with Gasteiger partial charge in [-0.15, -0.1) is 0 Å². The lowest BCUT2D eigenvalue weighted by molar-refractivity contribution is -0.0000140. The highest BCUT2D eigenvalue weighted by Gasteiger charge is 2.53. The molecular weight excluding hydrogens is 380 g/mol. The Hall–Kier alpha value is -0.410. The second kappa shape index (κ2) is 11.4. The summed E-state index contributed by atoms with van der Waals surface area (Å²) in [5.41, 5.74) is -1.01. The van der Waals surface area contributed by atoms with Gasteiger partial charge in [0.2, 0.25) is 7.26 Å². The van der Waals surface area contributed by atoms with Gasteiger partial charge in [-0.05, 0) is 13.3 Å². The van der Waals surface area contributed by atoms with E-state index in [-0.39, 0.29) is 43.2 Å². The molecule has 0 aliphatic carbocycles. The van der Waals surface area contributed by atoms with Gasteiger partial charge in [0.15, 0.2) is 0 Å². The molecule has 0 fully saturated rings. The first-order chi connectivity index (χ1) is 8.52. The van der Waals surface area contributed by atoms with Gasteiger partial charge in [0.25, 0.3) is 0 Å². The Morgan fingerprint density at radius 2 is 1.79 bits per heavy atom. The summed E-state index contributed by atoms with van der Waals surface area (Å²) in [6.45, 7) is 5.80. The average molecular weight is 401 g/mol. The van der Waals surface area contributed by atoms with E-state index in [1.165, 1.54) is 0 Å². The molecule has 0 rings (SSSR count). The number of hydrogen-bond donors (Lipinski definition) is 0. The zero-order valence-corrected chi connectivity index (χ0v) is 14.7. The summed E-state index contributed by atoms with van der Waals surface area (Å²) in [4.78, 5) is 23.8. The maximum absolute atomic E-state index is 12.0. The van der Waals surface area contributed by atoms with Crippen molar-refractivity contribution in [3.63, 3.8) is 0 Å². The van der Waals surface area contributed by atoms with Gasteiger partial charge in [-0.25, -0.2) is 9.59 Å². The zero-order chi connectivity index (χ0) is 14.0. The third-order valence-corrected chi connectivity index (χ3v) is 5.46. The molecule has 0 amide bonds. The Morgan fingerprint density at radius 3 is 2.26 bits per heavy atom. The Bertz CT molecular complexity index is 332. The number of halogens is 1. The van der Waals surface area contributed by atoms with Gasteiger partial charge in [0.1, 0.15) is 0 Å². The zero-order valence-electron chi connectivity index (χ0n) is 11.6. The van der Waals surface area contributed by atoms with Crippen LogP contribution in [0.4, 0.5) is 9.59 Å². The average Bonchev–Trinajstić information content (AvgIpc) is 2.36. The SMILES string of the molecule is CCCCOC(=O)[P+](C)(CCC#N)C(=O)OCC.[I-]. The van der Waals surface area contributed by atoms with Crippen molar-refractivity contribution in [2.24, 2.45) is 0 Å². The smallest absolute Gasteiger partial charge is 0.463 e. The highest BCUT2D eigenvalue weighted by molar-refractivity contribution is 8.02. The lowest BCUT2D eigenvalue weighted by Gasteiger charge is -2.16. The molecule has 5 nitrogen and oxygen atoms in total. The number of carbonyl (C=O) groups excluding carboxylic acids is 2. The van der Waals surface area contributed by atoms with Gasteiger partial charge in [-0.1, -0.05) is 13.3 Å². The van der Waals surface area contributed by atoms with Crippen LogP contribution < -0.4 is 24.0 Å². The first-order valence-corrected chi connectivity index (χ1v) is 8.52. The van der Waals surface area contributed by atoms with Gasteiger partial charge >= 0.3 is 11.4 Å². The molecule has 0 aliphatic rings. The quantitative estimate of drug-likeness (QED) is 0.339. The molecule has 7 heteroatoms. The highest BCUT2D eigenvalue weighted by Crippen LogP contribution is 2.58. The van der Waals surface area contributed by atoms with E-state index < -0.39 is 18.7 Å². The van der Waals surface area contributed by atoms with Crippen LogP contribution in [0.15, 0.2) is 0 Å². The summed E-state index contributed by atoms with van der Waals surface area (Å²) in [5.74, 6) is 0. The predicted molar refractivity (Wildman–Crippen MR) is 71.2 cm³/mol. The fraction of sp³-hybridized carbons (Fsp3) is 0.750. The molecule has 0 spiro atoms. The number of unbranched alkanes of at least 4 members (excludes halogenated alkanes) is 1. The number of hydrogen-bond acceptors (Lipinski definition) is 5.